The average molecular weight is 353 g/mol. The number of aryl methyl sites for hydroxylation is 1. The second kappa shape index (κ2) is 5.38. The zero-order valence-electron chi connectivity index (χ0n) is 12.2. The number of hydrogen-bond acceptors (Lipinski definition) is 7. The first-order valence-corrected chi connectivity index (χ1v) is 10.1. The van der Waals surface area contributed by atoms with Crippen molar-refractivity contribution < 1.29 is 13.2 Å². The lowest BCUT2D eigenvalue weighted by molar-refractivity contribution is 0.0940. The Morgan fingerprint density at radius 1 is 1.39 bits per heavy atom. The third-order valence-electron chi connectivity index (χ3n) is 4.25. The predicted octanol–water partition coefficient (Wildman–Crippen LogP) is 0.129. The monoisotopic (exact) mass is 353 g/mol. The normalized spacial score (nSPS) is 22.2. The van der Waals surface area contributed by atoms with Gasteiger partial charge in [-0.2, -0.15) is 4.68 Å². The van der Waals surface area contributed by atoms with E-state index in [9.17, 15) is 13.2 Å². The highest BCUT2D eigenvalue weighted by atomic mass is 32.2. The van der Waals surface area contributed by atoms with E-state index in [0.29, 0.717) is 17.0 Å². The van der Waals surface area contributed by atoms with E-state index in [0.717, 1.165) is 24.8 Å². The first-order chi connectivity index (χ1) is 11.0. The Bertz CT molecular complexity index is 857. The highest BCUT2D eigenvalue weighted by Crippen LogP contribution is 2.37. The molecular formula is C13H15N5O3S2. The molecule has 23 heavy (non-hydrogen) atoms. The van der Waals surface area contributed by atoms with Gasteiger partial charge in [-0.1, -0.05) is 0 Å². The van der Waals surface area contributed by atoms with Crippen LogP contribution in [-0.2, 0) is 22.7 Å². The molecule has 0 bridgehead atoms. The molecule has 0 radical (unpaired) electrons. The molecule has 0 aromatic carbocycles. The van der Waals surface area contributed by atoms with Gasteiger partial charge in [0, 0.05) is 10.9 Å². The molecule has 1 fully saturated rings. The molecule has 0 unspecified atom stereocenters. The van der Waals surface area contributed by atoms with E-state index in [1.165, 1.54) is 27.2 Å². The lowest BCUT2D eigenvalue weighted by atomic mass is 10.1. The zero-order chi connectivity index (χ0) is 16.0. The Kier molecular flexibility index (Phi) is 3.45. The molecule has 0 spiro atoms. The van der Waals surface area contributed by atoms with Gasteiger partial charge in [-0.3, -0.25) is 4.79 Å². The number of carbonyl (C=O) groups excluding carboxylic acids is 1. The van der Waals surface area contributed by atoms with Gasteiger partial charge in [0.2, 0.25) is 0 Å². The SMILES string of the molecule is O=C(N[C@H]1CCS(=O)(=O)C1)c1c(-n2cnnn2)sc2c1CCC2. The van der Waals surface area contributed by atoms with Crippen molar-refractivity contribution in [1.29, 1.82) is 0 Å². The van der Waals surface area contributed by atoms with Crippen molar-refractivity contribution in [3.63, 3.8) is 0 Å². The van der Waals surface area contributed by atoms with Gasteiger partial charge in [0.1, 0.15) is 11.3 Å². The fraction of sp³-hybridized carbons (Fsp3) is 0.538. The first kappa shape index (κ1) is 14.8. The molecule has 4 rings (SSSR count). The second-order valence-corrected chi connectivity index (χ2v) is 9.18. The molecule has 2 aromatic rings. The minimum Gasteiger partial charge on any atom is -0.348 e. The van der Waals surface area contributed by atoms with Gasteiger partial charge in [-0.05, 0) is 41.7 Å². The third-order valence-corrected chi connectivity index (χ3v) is 7.30. The number of thiophene rings is 1. The smallest absolute Gasteiger partial charge is 0.254 e. The van der Waals surface area contributed by atoms with Crippen molar-refractivity contribution in [2.24, 2.45) is 0 Å². The average Bonchev–Trinajstić information content (AvgIpc) is 3.20. The van der Waals surface area contributed by atoms with Crippen LogP contribution in [0, 0.1) is 0 Å². The van der Waals surface area contributed by atoms with Crippen molar-refractivity contribution in [2.75, 3.05) is 11.5 Å². The standard InChI is InChI=1S/C13H15N5O3S2/c19-12(15-8-4-5-23(20,21)6-8)11-9-2-1-3-10(9)22-13(11)18-7-14-16-17-18/h7-8H,1-6H2,(H,15,19)/t8-/m0/s1. The number of aromatic nitrogens is 4. The summed E-state index contributed by atoms with van der Waals surface area (Å²) in [4.78, 5) is 14.0. The van der Waals surface area contributed by atoms with Crippen molar-refractivity contribution in [3.8, 4) is 5.00 Å². The maximum Gasteiger partial charge on any atom is 0.254 e. The molecule has 2 aliphatic rings. The largest absolute Gasteiger partial charge is 0.348 e. The number of carbonyl (C=O) groups is 1. The summed E-state index contributed by atoms with van der Waals surface area (Å²) in [6.07, 6.45) is 4.80. The quantitative estimate of drug-likeness (QED) is 0.840. The van der Waals surface area contributed by atoms with Gasteiger partial charge in [0.05, 0.1) is 17.1 Å². The third kappa shape index (κ3) is 2.65. The zero-order valence-corrected chi connectivity index (χ0v) is 13.9. The molecular weight excluding hydrogens is 338 g/mol. The van der Waals surface area contributed by atoms with Crippen LogP contribution in [-0.4, -0.2) is 52.1 Å². The van der Waals surface area contributed by atoms with Gasteiger partial charge < -0.3 is 5.32 Å². The highest BCUT2D eigenvalue weighted by Gasteiger charge is 2.32. The van der Waals surface area contributed by atoms with Crippen LogP contribution in [0.5, 0.6) is 0 Å². The van der Waals surface area contributed by atoms with Crippen LogP contribution in [0.25, 0.3) is 5.00 Å². The van der Waals surface area contributed by atoms with E-state index >= 15 is 0 Å². The molecule has 3 heterocycles. The Morgan fingerprint density at radius 3 is 2.96 bits per heavy atom. The molecule has 1 amide bonds. The van der Waals surface area contributed by atoms with Crippen LogP contribution in [0.15, 0.2) is 6.33 Å². The fourth-order valence-corrected chi connectivity index (χ4v) is 6.18. The summed E-state index contributed by atoms with van der Waals surface area (Å²) in [5.41, 5.74) is 1.65. The van der Waals surface area contributed by atoms with E-state index in [-0.39, 0.29) is 23.5 Å². The maximum absolute atomic E-state index is 12.8. The van der Waals surface area contributed by atoms with Crippen molar-refractivity contribution in [2.45, 2.75) is 31.7 Å². The molecule has 1 saturated heterocycles. The van der Waals surface area contributed by atoms with E-state index < -0.39 is 9.84 Å². The van der Waals surface area contributed by atoms with Gasteiger partial charge in [-0.25, -0.2) is 8.42 Å². The molecule has 0 saturated carbocycles. The lowest BCUT2D eigenvalue weighted by Gasteiger charge is -2.12. The number of sulfone groups is 1. The molecule has 1 aliphatic heterocycles. The highest BCUT2D eigenvalue weighted by molar-refractivity contribution is 7.91. The topological polar surface area (TPSA) is 107 Å². The van der Waals surface area contributed by atoms with E-state index in [1.807, 2.05) is 0 Å². The summed E-state index contributed by atoms with van der Waals surface area (Å²) in [5.74, 6) is -0.0674. The summed E-state index contributed by atoms with van der Waals surface area (Å²) in [5, 5.41) is 14.7. The van der Waals surface area contributed by atoms with E-state index in [4.69, 9.17) is 0 Å². The molecule has 1 aliphatic carbocycles. The Labute approximate surface area is 136 Å². The summed E-state index contributed by atoms with van der Waals surface area (Å²) in [6.45, 7) is 0. The Morgan fingerprint density at radius 2 is 2.26 bits per heavy atom. The number of rotatable bonds is 3. The van der Waals surface area contributed by atoms with Crippen molar-refractivity contribution >= 4 is 27.1 Å². The Balaban J connectivity index is 1.66. The predicted molar refractivity (Wildman–Crippen MR) is 83.6 cm³/mol. The molecule has 2 aromatic heterocycles. The van der Waals surface area contributed by atoms with Gasteiger partial charge >= 0.3 is 0 Å². The molecule has 10 heteroatoms. The summed E-state index contributed by atoms with van der Waals surface area (Å²) < 4.78 is 24.6. The number of nitrogens with one attached hydrogen (secondary N) is 1. The van der Waals surface area contributed by atoms with E-state index in [2.05, 4.69) is 20.8 Å². The van der Waals surface area contributed by atoms with Crippen LogP contribution >= 0.6 is 11.3 Å². The van der Waals surface area contributed by atoms with Gasteiger partial charge in [0.25, 0.3) is 5.91 Å². The van der Waals surface area contributed by atoms with Crippen LogP contribution in [0.4, 0.5) is 0 Å². The number of tetrazole rings is 1. The van der Waals surface area contributed by atoms with Crippen LogP contribution in [0.3, 0.4) is 0 Å². The molecule has 1 atom stereocenters. The maximum atomic E-state index is 12.8. The number of hydrogen-bond donors (Lipinski definition) is 1. The van der Waals surface area contributed by atoms with E-state index in [1.54, 1.807) is 0 Å². The van der Waals surface area contributed by atoms with Gasteiger partial charge in [-0.15, -0.1) is 16.4 Å². The number of amides is 1. The van der Waals surface area contributed by atoms with Gasteiger partial charge in [0.15, 0.2) is 9.84 Å². The van der Waals surface area contributed by atoms with Crippen LogP contribution < -0.4 is 5.32 Å². The van der Waals surface area contributed by atoms with Crippen LogP contribution in [0.2, 0.25) is 0 Å². The minimum absolute atomic E-state index is 0.0191. The van der Waals surface area contributed by atoms with Crippen molar-refractivity contribution in [1.82, 2.24) is 25.5 Å². The summed E-state index contributed by atoms with van der Waals surface area (Å²) in [7, 11) is -3.02. The Hall–Kier alpha value is -1.81. The first-order valence-electron chi connectivity index (χ1n) is 7.43. The molecule has 8 nitrogen and oxygen atoms in total. The minimum atomic E-state index is -3.02. The summed E-state index contributed by atoms with van der Waals surface area (Å²) in [6, 6.07) is -0.314. The lowest BCUT2D eigenvalue weighted by Crippen LogP contribution is -2.36. The number of fused-ring (bicyclic) bond motifs is 1. The second-order valence-electron chi connectivity index (χ2n) is 5.87. The summed E-state index contributed by atoms with van der Waals surface area (Å²) >= 11 is 1.53. The number of nitrogens with zero attached hydrogens (tertiary/aromatic N) is 4. The molecule has 1 N–H and O–H groups in total. The molecule has 122 valence electrons. The van der Waals surface area contributed by atoms with Crippen molar-refractivity contribution in [3.05, 3.63) is 22.3 Å². The van der Waals surface area contributed by atoms with Crippen LogP contribution in [0.1, 0.15) is 33.6 Å². The fourth-order valence-electron chi connectivity index (χ4n) is 3.21.